The fourth-order valence-corrected chi connectivity index (χ4v) is 4.52. The first-order valence-corrected chi connectivity index (χ1v) is 9.17. The molecule has 1 aromatic rings. The van der Waals surface area contributed by atoms with Crippen LogP contribution in [0.4, 0.5) is 0 Å². The van der Waals surface area contributed by atoms with Crippen molar-refractivity contribution in [2.24, 2.45) is 5.92 Å². The summed E-state index contributed by atoms with van der Waals surface area (Å²) in [6.07, 6.45) is 5.98. The second-order valence-corrected chi connectivity index (χ2v) is 7.94. The van der Waals surface area contributed by atoms with Crippen molar-refractivity contribution in [1.29, 1.82) is 0 Å². The van der Waals surface area contributed by atoms with E-state index in [9.17, 15) is 4.79 Å². The van der Waals surface area contributed by atoms with Gasteiger partial charge in [-0.3, -0.25) is 9.69 Å². The number of rotatable bonds is 3. The lowest BCUT2D eigenvalue weighted by Crippen LogP contribution is -2.50. The molecule has 0 atom stereocenters. The SMILES string of the molecule is O=C(C1CCCCC1)N1CCN(Cc2ccc(Cl)s2)CC1. The molecule has 1 aliphatic carbocycles. The van der Waals surface area contributed by atoms with E-state index in [0.717, 1.165) is 49.9 Å². The molecule has 0 spiro atoms. The highest BCUT2D eigenvalue weighted by molar-refractivity contribution is 7.16. The molecule has 3 nitrogen and oxygen atoms in total. The fraction of sp³-hybridized carbons (Fsp3) is 0.688. The van der Waals surface area contributed by atoms with Crippen LogP contribution in [-0.4, -0.2) is 41.9 Å². The van der Waals surface area contributed by atoms with Crippen LogP contribution in [-0.2, 0) is 11.3 Å². The Bertz CT molecular complexity index is 476. The fourth-order valence-electron chi connectivity index (χ4n) is 3.39. The molecule has 1 aliphatic heterocycles. The van der Waals surface area contributed by atoms with Gasteiger partial charge in [0.05, 0.1) is 4.34 Å². The molecule has 5 heteroatoms. The number of thiophene rings is 1. The van der Waals surface area contributed by atoms with Crippen LogP contribution in [0.3, 0.4) is 0 Å². The summed E-state index contributed by atoms with van der Waals surface area (Å²) in [6, 6.07) is 4.07. The smallest absolute Gasteiger partial charge is 0.225 e. The van der Waals surface area contributed by atoms with Crippen LogP contribution >= 0.6 is 22.9 Å². The van der Waals surface area contributed by atoms with Gasteiger partial charge in [0.1, 0.15) is 0 Å². The summed E-state index contributed by atoms with van der Waals surface area (Å²) in [5, 5.41) is 0. The lowest BCUT2D eigenvalue weighted by Gasteiger charge is -2.37. The topological polar surface area (TPSA) is 23.6 Å². The van der Waals surface area contributed by atoms with Crippen molar-refractivity contribution in [3.05, 3.63) is 21.3 Å². The van der Waals surface area contributed by atoms with Crippen LogP contribution in [0.5, 0.6) is 0 Å². The first kappa shape index (κ1) is 15.3. The Morgan fingerprint density at radius 2 is 1.86 bits per heavy atom. The second kappa shape index (κ2) is 7.12. The number of carbonyl (C=O) groups excluding carboxylic acids is 1. The minimum atomic E-state index is 0.307. The maximum atomic E-state index is 12.5. The van der Waals surface area contributed by atoms with Gasteiger partial charge in [-0.25, -0.2) is 0 Å². The molecule has 21 heavy (non-hydrogen) atoms. The zero-order valence-corrected chi connectivity index (χ0v) is 14.0. The van der Waals surface area contributed by atoms with E-state index >= 15 is 0 Å². The molecule has 116 valence electrons. The summed E-state index contributed by atoms with van der Waals surface area (Å²) in [5.74, 6) is 0.718. The van der Waals surface area contributed by atoms with E-state index in [0.29, 0.717) is 11.8 Å². The average molecular weight is 327 g/mol. The number of carbonyl (C=O) groups is 1. The van der Waals surface area contributed by atoms with E-state index in [-0.39, 0.29) is 0 Å². The zero-order valence-electron chi connectivity index (χ0n) is 12.4. The maximum Gasteiger partial charge on any atom is 0.225 e. The molecule has 1 amide bonds. The molecule has 0 bridgehead atoms. The highest BCUT2D eigenvalue weighted by atomic mass is 35.5. The summed E-state index contributed by atoms with van der Waals surface area (Å²) in [5.41, 5.74) is 0. The van der Waals surface area contributed by atoms with Gasteiger partial charge in [0.2, 0.25) is 5.91 Å². The molecular weight excluding hydrogens is 304 g/mol. The Morgan fingerprint density at radius 3 is 2.48 bits per heavy atom. The van der Waals surface area contributed by atoms with Crippen molar-refractivity contribution in [3.8, 4) is 0 Å². The molecule has 1 saturated heterocycles. The van der Waals surface area contributed by atoms with Crippen LogP contribution in [0.1, 0.15) is 37.0 Å². The number of hydrogen-bond donors (Lipinski definition) is 0. The Morgan fingerprint density at radius 1 is 1.14 bits per heavy atom. The summed E-state index contributed by atoms with van der Waals surface area (Å²) < 4.78 is 0.858. The van der Waals surface area contributed by atoms with E-state index in [2.05, 4.69) is 15.9 Å². The lowest BCUT2D eigenvalue weighted by atomic mass is 9.88. The van der Waals surface area contributed by atoms with Gasteiger partial charge in [0, 0.05) is 43.5 Å². The van der Waals surface area contributed by atoms with Crippen molar-refractivity contribution >= 4 is 28.8 Å². The molecule has 1 saturated carbocycles. The number of hydrogen-bond acceptors (Lipinski definition) is 3. The van der Waals surface area contributed by atoms with Crippen LogP contribution in [0, 0.1) is 5.92 Å². The summed E-state index contributed by atoms with van der Waals surface area (Å²) >= 11 is 7.63. The number of amides is 1. The number of halogens is 1. The third-order valence-corrected chi connectivity index (χ3v) is 5.86. The average Bonchev–Trinajstić information content (AvgIpc) is 2.93. The van der Waals surface area contributed by atoms with Crippen molar-refractivity contribution in [2.45, 2.75) is 38.6 Å². The van der Waals surface area contributed by atoms with Gasteiger partial charge in [-0.2, -0.15) is 0 Å². The molecule has 0 aromatic carbocycles. The third-order valence-electron chi connectivity index (χ3n) is 4.65. The predicted molar refractivity (Wildman–Crippen MR) is 87.8 cm³/mol. The molecule has 0 radical (unpaired) electrons. The quantitative estimate of drug-likeness (QED) is 0.847. The summed E-state index contributed by atoms with van der Waals surface area (Å²) in [6.45, 7) is 4.69. The van der Waals surface area contributed by atoms with Crippen LogP contribution in [0.15, 0.2) is 12.1 Å². The lowest BCUT2D eigenvalue weighted by molar-refractivity contribution is -0.138. The molecule has 3 rings (SSSR count). The minimum absolute atomic E-state index is 0.307. The van der Waals surface area contributed by atoms with Gasteiger partial charge in [-0.15, -0.1) is 11.3 Å². The predicted octanol–water partition coefficient (Wildman–Crippen LogP) is 3.63. The van der Waals surface area contributed by atoms with Gasteiger partial charge in [-0.05, 0) is 25.0 Å². The summed E-state index contributed by atoms with van der Waals surface area (Å²) in [7, 11) is 0. The minimum Gasteiger partial charge on any atom is -0.340 e. The first-order chi connectivity index (χ1) is 10.2. The second-order valence-electron chi connectivity index (χ2n) is 6.14. The third kappa shape index (κ3) is 3.99. The van der Waals surface area contributed by atoms with Crippen LogP contribution < -0.4 is 0 Å². The zero-order chi connectivity index (χ0) is 14.7. The van der Waals surface area contributed by atoms with E-state index in [1.807, 2.05) is 6.07 Å². The Labute approximate surface area is 135 Å². The Balaban J connectivity index is 1.47. The van der Waals surface area contributed by atoms with Gasteiger partial charge < -0.3 is 4.90 Å². The molecule has 2 fully saturated rings. The van der Waals surface area contributed by atoms with Gasteiger partial charge in [0.15, 0.2) is 0 Å². The molecular formula is C16H23ClN2OS. The monoisotopic (exact) mass is 326 g/mol. The van der Waals surface area contributed by atoms with Gasteiger partial charge in [0.25, 0.3) is 0 Å². The molecule has 0 N–H and O–H groups in total. The van der Waals surface area contributed by atoms with Gasteiger partial charge >= 0.3 is 0 Å². The van der Waals surface area contributed by atoms with Crippen LogP contribution in [0.2, 0.25) is 4.34 Å². The molecule has 0 unspecified atom stereocenters. The summed E-state index contributed by atoms with van der Waals surface area (Å²) in [4.78, 5) is 18.3. The highest BCUT2D eigenvalue weighted by Gasteiger charge is 2.28. The normalized spacial score (nSPS) is 21.7. The Kier molecular flexibility index (Phi) is 5.19. The first-order valence-electron chi connectivity index (χ1n) is 7.98. The number of piperazine rings is 1. The highest BCUT2D eigenvalue weighted by Crippen LogP contribution is 2.26. The molecule has 2 aliphatic rings. The van der Waals surface area contributed by atoms with Crippen molar-refractivity contribution < 1.29 is 4.79 Å². The largest absolute Gasteiger partial charge is 0.340 e. The number of nitrogens with zero attached hydrogens (tertiary/aromatic N) is 2. The van der Waals surface area contributed by atoms with E-state index < -0.39 is 0 Å². The van der Waals surface area contributed by atoms with Gasteiger partial charge in [-0.1, -0.05) is 30.9 Å². The molecule has 2 heterocycles. The molecule has 1 aromatic heterocycles. The standard InChI is InChI=1S/C16H23ClN2OS/c17-15-7-6-14(21-15)12-18-8-10-19(11-9-18)16(20)13-4-2-1-3-5-13/h6-7,13H,1-5,8-12H2. The van der Waals surface area contributed by atoms with E-state index in [1.54, 1.807) is 11.3 Å². The van der Waals surface area contributed by atoms with Crippen molar-refractivity contribution in [1.82, 2.24) is 9.80 Å². The van der Waals surface area contributed by atoms with E-state index in [4.69, 9.17) is 11.6 Å². The van der Waals surface area contributed by atoms with Crippen LogP contribution in [0.25, 0.3) is 0 Å². The van der Waals surface area contributed by atoms with Crippen molar-refractivity contribution in [2.75, 3.05) is 26.2 Å². The Hall–Kier alpha value is -0.580. The van der Waals surface area contributed by atoms with Crippen molar-refractivity contribution in [3.63, 3.8) is 0 Å². The van der Waals surface area contributed by atoms with E-state index in [1.165, 1.54) is 24.1 Å². The maximum absolute atomic E-state index is 12.5.